The number of fused-ring (bicyclic) bond motifs is 1. The van der Waals surface area contributed by atoms with Crippen LogP contribution in [0.1, 0.15) is 20.8 Å². The number of hydrogen-bond donors (Lipinski definition) is 2. The summed E-state index contributed by atoms with van der Waals surface area (Å²) >= 11 is 0. The summed E-state index contributed by atoms with van der Waals surface area (Å²) in [6, 6.07) is 13.5. The first-order valence-corrected chi connectivity index (χ1v) is 8.67. The Morgan fingerprint density at radius 1 is 0.964 bits per heavy atom. The standard InChI is InChI=1S/C20H20N4O4/c1-24-20(27)16-6-4-3-5-15(16)17(23-24)19(26)22-12-11-21-18(25)13-7-9-14(28-2)10-8-13/h3-10H,11-12H2,1-2H3,(H,21,25)(H,22,26). The Morgan fingerprint density at radius 3 is 2.21 bits per heavy atom. The molecule has 0 radical (unpaired) electrons. The number of amides is 2. The maximum absolute atomic E-state index is 12.5. The van der Waals surface area contributed by atoms with E-state index in [1.165, 1.54) is 7.05 Å². The predicted octanol–water partition coefficient (Wildman–Crippen LogP) is 1.10. The van der Waals surface area contributed by atoms with Crippen molar-refractivity contribution in [3.8, 4) is 5.75 Å². The maximum Gasteiger partial charge on any atom is 0.274 e. The van der Waals surface area contributed by atoms with Crippen molar-refractivity contribution in [2.45, 2.75) is 0 Å². The van der Waals surface area contributed by atoms with Crippen molar-refractivity contribution in [1.82, 2.24) is 20.4 Å². The smallest absolute Gasteiger partial charge is 0.274 e. The number of ether oxygens (including phenoxy) is 1. The van der Waals surface area contributed by atoms with Crippen molar-refractivity contribution in [1.29, 1.82) is 0 Å². The second-order valence-corrected chi connectivity index (χ2v) is 6.06. The minimum atomic E-state index is -0.412. The fraction of sp³-hybridized carbons (Fsp3) is 0.200. The third-order valence-electron chi connectivity index (χ3n) is 4.22. The van der Waals surface area contributed by atoms with Crippen LogP contribution in [0, 0.1) is 0 Å². The van der Waals surface area contributed by atoms with Gasteiger partial charge in [-0.3, -0.25) is 14.4 Å². The van der Waals surface area contributed by atoms with Crippen LogP contribution < -0.4 is 20.9 Å². The van der Waals surface area contributed by atoms with Gasteiger partial charge in [-0.05, 0) is 30.3 Å². The third kappa shape index (κ3) is 4.01. The van der Waals surface area contributed by atoms with Crippen molar-refractivity contribution in [3.05, 3.63) is 70.1 Å². The Morgan fingerprint density at radius 2 is 1.57 bits per heavy atom. The molecule has 0 bridgehead atoms. The van der Waals surface area contributed by atoms with Gasteiger partial charge in [0.15, 0.2) is 5.69 Å². The summed E-state index contributed by atoms with van der Waals surface area (Å²) in [5.74, 6) is 0.00822. The lowest BCUT2D eigenvalue weighted by Gasteiger charge is -2.10. The van der Waals surface area contributed by atoms with Gasteiger partial charge in [0.1, 0.15) is 5.75 Å². The largest absolute Gasteiger partial charge is 0.497 e. The number of rotatable bonds is 6. The summed E-state index contributed by atoms with van der Waals surface area (Å²) in [6.07, 6.45) is 0. The molecule has 3 aromatic rings. The average molecular weight is 380 g/mol. The first-order valence-electron chi connectivity index (χ1n) is 8.67. The highest BCUT2D eigenvalue weighted by molar-refractivity contribution is 6.04. The van der Waals surface area contributed by atoms with Crippen molar-refractivity contribution in [2.75, 3.05) is 20.2 Å². The van der Waals surface area contributed by atoms with E-state index in [0.717, 1.165) is 4.68 Å². The summed E-state index contributed by atoms with van der Waals surface area (Å²) < 4.78 is 6.20. The van der Waals surface area contributed by atoms with Gasteiger partial charge >= 0.3 is 0 Å². The predicted molar refractivity (Wildman–Crippen MR) is 105 cm³/mol. The molecule has 2 N–H and O–H groups in total. The van der Waals surface area contributed by atoms with Gasteiger partial charge in [-0.25, -0.2) is 4.68 Å². The molecular formula is C20H20N4O4. The van der Waals surface area contributed by atoms with Crippen LogP contribution in [0.3, 0.4) is 0 Å². The molecule has 8 nitrogen and oxygen atoms in total. The zero-order chi connectivity index (χ0) is 20.1. The van der Waals surface area contributed by atoms with Gasteiger partial charge in [-0.1, -0.05) is 18.2 Å². The molecule has 2 aromatic carbocycles. The third-order valence-corrected chi connectivity index (χ3v) is 4.22. The van der Waals surface area contributed by atoms with Gasteiger partial charge < -0.3 is 15.4 Å². The molecule has 0 unspecified atom stereocenters. The number of aryl methyl sites for hydroxylation is 1. The molecule has 0 spiro atoms. The number of benzene rings is 2. The molecule has 2 amide bonds. The molecule has 1 heterocycles. The lowest BCUT2D eigenvalue weighted by molar-refractivity contribution is 0.0925. The number of aromatic nitrogens is 2. The molecule has 144 valence electrons. The summed E-state index contributed by atoms with van der Waals surface area (Å²) in [7, 11) is 3.06. The van der Waals surface area contributed by atoms with Crippen LogP contribution in [0.25, 0.3) is 10.8 Å². The monoisotopic (exact) mass is 380 g/mol. The number of carbonyl (C=O) groups excluding carboxylic acids is 2. The molecular weight excluding hydrogens is 360 g/mol. The van der Waals surface area contributed by atoms with Crippen LogP contribution >= 0.6 is 0 Å². The second-order valence-electron chi connectivity index (χ2n) is 6.06. The van der Waals surface area contributed by atoms with E-state index in [9.17, 15) is 14.4 Å². The van der Waals surface area contributed by atoms with Crippen LogP contribution in [0.4, 0.5) is 0 Å². The van der Waals surface area contributed by atoms with E-state index in [2.05, 4.69) is 15.7 Å². The average Bonchev–Trinajstić information content (AvgIpc) is 2.73. The summed E-state index contributed by atoms with van der Waals surface area (Å²) in [6.45, 7) is 0.472. The first kappa shape index (κ1) is 19.1. The van der Waals surface area contributed by atoms with Gasteiger partial charge in [0.2, 0.25) is 0 Å². The molecule has 0 aliphatic rings. The minimum absolute atomic E-state index is 0.166. The number of nitrogens with zero attached hydrogens (tertiary/aromatic N) is 2. The quantitative estimate of drug-likeness (QED) is 0.624. The van der Waals surface area contributed by atoms with Crippen LogP contribution in [-0.4, -0.2) is 41.8 Å². The Balaban J connectivity index is 1.60. The molecule has 0 saturated heterocycles. The van der Waals surface area contributed by atoms with Crippen molar-refractivity contribution in [2.24, 2.45) is 7.05 Å². The fourth-order valence-electron chi connectivity index (χ4n) is 2.75. The molecule has 0 fully saturated rings. The molecule has 8 heteroatoms. The Labute approximate surface area is 161 Å². The number of methoxy groups -OCH3 is 1. The summed E-state index contributed by atoms with van der Waals surface area (Å²) in [5.41, 5.74) is 0.399. The zero-order valence-electron chi connectivity index (χ0n) is 15.6. The van der Waals surface area contributed by atoms with E-state index in [-0.39, 0.29) is 30.2 Å². The number of hydrogen-bond acceptors (Lipinski definition) is 5. The zero-order valence-corrected chi connectivity index (χ0v) is 15.6. The Hall–Kier alpha value is -3.68. The molecule has 1 aromatic heterocycles. The van der Waals surface area contributed by atoms with E-state index in [0.29, 0.717) is 22.1 Å². The highest BCUT2D eigenvalue weighted by atomic mass is 16.5. The van der Waals surface area contributed by atoms with E-state index >= 15 is 0 Å². The van der Waals surface area contributed by atoms with Gasteiger partial charge in [0.05, 0.1) is 12.5 Å². The molecule has 0 aliphatic carbocycles. The normalized spacial score (nSPS) is 10.5. The van der Waals surface area contributed by atoms with Crippen LogP contribution in [0.5, 0.6) is 5.75 Å². The maximum atomic E-state index is 12.5. The number of carbonyl (C=O) groups is 2. The van der Waals surface area contributed by atoms with Gasteiger partial charge in [0.25, 0.3) is 17.4 Å². The first-order chi connectivity index (χ1) is 13.5. The highest BCUT2D eigenvalue weighted by Gasteiger charge is 2.15. The van der Waals surface area contributed by atoms with Gasteiger partial charge in [-0.2, -0.15) is 5.10 Å². The van der Waals surface area contributed by atoms with E-state index < -0.39 is 5.91 Å². The molecule has 28 heavy (non-hydrogen) atoms. The SMILES string of the molecule is COc1ccc(C(=O)NCCNC(=O)c2nn(C)c(=O)c3ccccc23)cc1. The molecule has 0 aliphatic heterocycles. The topological polar surface area (TPSA) is 102 Å². The lowest BCUT2D eigenvalue weighted by Crippen LogP contribution is -2.36. The van der Waals surface area contributed by atoms with Crippen molar-refractivity contribution < 1.29 is 14.3 Å². The van der Waals surface area contributed by atoms with Gasteiger partial charge in [-0.15, -0.1) is 0 Å². The molecule has 0 saturated carbocycles. The van der Waals surface area contributed by atoms with Crippen LogP contribution in [0.2, 0.25) is 0 Å². The van der Waals surface area contributed by atoms with Crippen molar-refractivity contribution >= 4 is 22.6 Å². The van der Waals surface area contributed by atoms with E-state index in [1.54, 1.807) is 55.6 Å². The highest BCUT2D eigenvalue weighted by Crippen LogP contribution is 2.13. The Kier molecular flexibility index (Phi) is 5.69. The van der Waals surface area contributed by atoms with Crippen LogP contribution in [0.15, 0.2) is 53.3 Å². The lowest BCUT2D eigenvalue weighted by atomic mass is 10.1. The van der Waals surface area contributed by atoms with Crippen LogP contribution in [-0.2, 0) is 7.05 Å². The van der Waals surface area contributed by atoms with E-state index in [1.807, 2.05) is 0 Å². The van der Waals surface area contributed by atoms with Gasteiger partial charge in [0, 0.05) is 31.1 Å². The minimum Gasteiger partial charge on any atom is -0.497 e. The molecule has 3 rings (SSSR count). The molecule has 0 atom stereocenters. The number of nitrogens with one attached hydrogen (secondary N) is 2. The van der Waals surface area contributed by atoms with E-state index in [4.69, 9.17) is 4.74 Å². The van der Waals surface area contributed by atoms with Crippen molar-refractivity contribution in [3.63, 3.8) is 0 Å². The summed E-state index contributed by atoms with van der Waals surface area (Å²) in [5, 5.41) is 10.4. The summed E-state index contributed by atoms with van der Waals surface area (Å²) in [4.78, 5) is 36.7. The Bertz CT molecular complexity index is 1070. The second kappa shape index (κ2) is 8.34. The fourth-order valence-corrected chi connectivity index (χ4v) is 2.75.